The summed E-state index contributed by atoms with van der Waals surface area (Å²) in [6.07, 6.45) is 9.08. The second-order valence-corrected chi connectivity index (χ2v) is 4.96. The first-order valence-electron chi connectivity index (χ1n) is 5.10. The maximum Gasteiger partial charge on any atom is 0.00683 e. The number of hydrogen-bond donors (Lipinski definition) is 1. The van der Waals surface area contributed by atoms with Crippen LogP contribution in [0.3, 0.4) is 0 Å². The van der Waals surface area contributed by atoms with Crippen molar-refractivity contribution in [2.24, 2.45) is 11.3 Å². The van der Waals surface area contributed by atoms with Crippen molar-refractivity contribution >= 4 is 0 Å². The SMILES string of the molecule is C(NC1CC1)C1CC2(CC2)C1. The lowest BCUT2D eigenvalue weighted by Gasteiger charge is -2.36. The molecule has 0 saturated heterocycles. The molecule has 0 radical (unpaired) electrons. The van der Waals surface area contributed by atoms with Gasteiger partial charge in [0.25, 0.3) is 0 Å². The van der Waals surface area contributed by atoms with E-state index in [1.807, 2.05) is 0 Å². The van der Waals surface area contributed by atoms with E-state index in [4.69, 9.17) is 0 Å². The van der Waals surface area contributed by atoms with E-state index in [0.29, 0.717) is 0 Å². The van der Waals surface area contributed by atoms with E-state index in [9.17, 15) is 0 Å². The summed E-state index contributed by atoms with van der Waals surface area (Å²) < 4.78 is 0. The molecule has 1 heteroatoms. The van der Waals surface area contributed by atoms with Gasteiger partial charge in [-0.25, -0.2) is 0 Å². The summed E-state index contributed by atoms with van der Waals surface area (Å²) in [5, 5.41) is 3.62. The first-order valence-corrected chi connectivity index (χ1v) is 5.10. The zero-order chi connectivity index (χ0) is 7.31. The molecule has 1 nitrogen and oxygen atoms in total. The second-order valence-electron chi connectivity index (χ2n) is 4.96. The summed E-state index contributed by atoms with van der Waals surface area (Å²) in [5.41, 5.74) is 0.913. The predicted octanol–water partition coefficient (Wildman–Crippen LogP) is 1.93. The minimum atomic E-state index is 0.913. The Morgan fingerprint density at radius 1 is 1.18 bits per heavy atom. The van der Waals surface area contributed by atoms with Crippen molar-refractivity contribution in [3.63, 3.8) is 0 Å². The molecule has 0 heterocycles. The largest absolute Gasteiger partial charge is 0.314 e. The highest BCUT2D eigenvalue weighted by Gasteiger charge is 2.52. The van der Waals surface area contributed by atoms with Gasteiger partial charge in [0.2, 0.25) is 0 Å². The molecular formula is C10H17N. The Bertz CT molecular complexity index is 160. The molecule has 0 aromatic heterocycles. The zero-order valence-corrected chi connectivity index (χ0v) is 7.10. The van der Waals surface area contributed by atoms with Crippen LogP contribution in [0.4, 0.5) is 0 Å². The standard InChI is InChI=1S/C10H17N/c1-2-9(1)11-7-8-5-10(6-8)3-4-10/h8-9,11H,1-7H2. The van der Waals surface area contributed by atoms with Gasteiger partial charge in [0, 0.05) is 6.04 Å². The quantitative estimate of drug-likeness (QED) is 0.650. The molecule has 0 unspecified atom stereocenters. The van der Waals surface area contributed by atoms with Crippen LogP contribution in [-0.4, -0.2) is 12.6 Å². The summed E-state index contributed by atoms with van der Waals surface area (Å²) >= 11 is 0. The molecule has 0 atom stereocenters. The monoisotopic (exact) mass is 151 g/mol. The van der Waals surface area contributed by atoms with Crippen molar-refractivity contribution in [2.45, 2.75) is 44.6 Å². The molecule has 3 rings (SSSR count). The van der Waals surface area contributed by atoms with Gasteiger partial charge in [-0.2, -0.15) is 0 Å². The van der Waals surface area contributed by atoms with Crippen molar-refractivity contribution < 1.29 is 0 Å². The third-order valence-electron chi connectivity index (χ3n) is 3.67. The Hall–Kier alpha value is -0.0400. The summed E-state index contributed by atoms with van der Waals surface area (Å²) in [5.74, 6) is 1.05. The zero-order valence-electron chi connectivity index (χ0n) is 7.10. The lowest BCUT2D eigenvalue weighted by atomic mass is 9.72. The van der Waals surface area contributed by atoms with E-state index >= 15 is 0 Å². The predicted molar refractivity (Wildman–Crippen MR) is 45.4 cm³/mol. The molecule has 3 aliphatic rings. The minimum Gasteiger partial charge on any atom is -0.314 e. The molecule has 3 fully saturated rings. The van der Waals surface area contributed by atoms with Gasteiger partial charge in [-0.1, -0.05) is 0 Å². The van der Waals surface area contributed by atoms with Gasteiger partial charge in [-0.3, -0.25) is 0 Å². The van der Waals surface area contributed by atoms with Gasteiger partial charge in [0.05, 0.1) is 0 Å². The fraction of sp³-hybridized carbons (Fsp3) is 1.00. The van der Waals surface area contributed by atoms with Gasteiger partial charge < -0.3 is 5.32 Å². The first kappa shape index (κ1) is 6.47. The lowest BCUT2D eigenvalue weighted by Crippen LogP contribution is -2.34. The van der Waals surface area contributed by atoms with Crippen molar-refractivity contribution in [3.05, 3.63) is 0 Å². The van der Waals surface area contributed by atoms with Crippen molar-refractivity contribution in [1.29, 1.82) is 0 Å². The van der Waals surface area contributed by atoms with Crippen LogP contribution in [-0.2, 0) is 0 Å². The van der Waals surface area contributed by atoms with E-state index in [1.165, 1.54) is 19.4 Å². The maximum absolute atomic E-state index is 3.62. The molecule has 0 aliphatic heterocycles. The topological polar surface area (TPSA) is 12.0 Å². The highest BCUT2D eigenvalue weighted by molar-refractivity contribution is 5.04. The van der Waals surface area contributed by atoms with Crippen molar-refractivity contribution in [2.75, 3.05) is 6.54 Å². The van der Waals surface area contributed by atoms with E-state index in [-0.39, 0.29) is 0 Å². The molecule has 0 amide bonds. The summed E-state index contributed by atoms with van der Waals surface area (Å²) in [7, 11) is 0. The molecule has 62 valence electrons. The van der Waals surface area contributed by atoms with E-state index in [1.54, 1.807) is 25.7 Å². The van der Waals surface area contributed by atoms with Gasteiger partial charge in [0.15, 0.2) is 0 Å². The van der Waals surface area contributed by atoms with Gasteiger partial charge in [-0.05, 0) is 56.4 Å². The first-order chi connectivity index (χ1) is 5.36. The Morgan fingerprint density at radius 2 is 1.91 bits per heavy atom. The van der Waals surface area contributed by atoms with E-state index in [2.05, 4.69) is 5.32 Å². The van der Waals surface area contributed by atoms with Crippen LogP contribution in [0.2, 0.25) is 0 Å². The number of hydrogen-bond acceptors (Lipinski definition) is 1. The molecule has 1 N–H and O–H groups in total. The highest BCUT2D eigenvalue weighted by atomic mass is 15.0. The third-order valence-corrected chi connectivity index (χ3v) is 3.67. The highest BCUT2D eigenvalue weighted by Crippen LogP contribution is 2.63. The van der Waals surface area contributed by atoms with Gasteiger partial charge in [-0.15, -0.1) is 0 Å². The molecule has 0 bridgehead atoms. The average Bonchev–Trinajstić information content (AvgIpc) is 2.77. The van der Waals surface area contributed by atoms with Crippen LogP contribution in [0.5, 0.6) is 0 Å². The molecule has 3 saturated carbocycles. The minimum absolute atomic E-state index is 0.913. The fourth-order valence-electron chi connectivity index (χ4n) is 2.52. The van der Waals surface area contributed by atoms with Crippen LogP contribution < -0.4 is 5.32 Å². The van der Waals surface area contributed by atoms with Crippen LogP contribution in [0, 0.1) is 11.3 Å². The lowest BCUT2D eigenvalue weighted by molar-refractivity contribution is 0.165. The number of nitrogens with one attached hydrogen (secondary N) is 1. The average molecular weight is 151 g/mol. The maximum atomic E-state index is 3.62. The Morgan fingerprint density at radius 3 is 2.45 bits per heavy atom. The Balaban J connectivity index is 1.38. The Kier molecular flexibility index (Phi) is 1.18. The fourth-order valence-corrected chi connectivity index (χ4v) is 2.52. The van der Waals surface area contributed by atoms with Crippen LogP contribution >= 0.6 is 0 Å². The summed E-state index contributed by atoms with van der Waals surface area (Å²) in [6.45, 7) is 1.33. The molecular weight excluding hydrogens is 134 g/mol. The summed E-state index contributed by atoms with van der Waals surface area (Å²) in [6, 6.07) is 0.922. The van der Waals surface area contributed by atoms with Crippen LogP contribution in [0.1, 0.15) is 38.5 Å². The Labute approximate surface area is 68.6 Å². The number of rotatable bonds is 3. The van der Waals surface area contributed by atoms with Crippen LogP contribution in [0.25, 0.3) is 0 Å². The smallest absolute Gasteiger partial charge is 0.00683 e. The van der Waals surface area contributed by atoms with E-state index < -0.39 is 0 Å². The summed E-state index contributed by atoms with van der Waals surface area (Å²) in [4.78, 5) is 0. The molecule has 0 aromatic carbocycles. The van der Waals surface area contributed by atoms with E-state index in [0.717, 1.165) is 17.4 Å². The second kappa shape index (κ2) is 2.01. The molecule has 1 spiro atoms. The molecule has 0 aromatic rings. The van der Waals surface area contributed by atoms with Gasteiger partial charge in [0.1, 0.15) is 0 Å². The van der Waals surface area contributed by atoms with Crippen molar-refractivity contribution in [3.8, 4) is 0 Å². The van der Waals surface area contributed by atoms with Gasteiger partial charge >= 0.3 is 0 Å². The van der Waals surface area contributed by atoms with Crippen molar-refractivity contribution in [1.82, 2.24) is 5.32 Å². The molecule has 3 aliphatic carbocycles. The normalized spacial score (nSPS) is 33.8. The third kappa shape index (κ3) is 1.20. The van der Waals surface area contributed by atoms with Crippen LogP contribution in [0.15, 0.2) is 0 Å². The molecule has 11 heavy (non-hydrogen) atoms.